The Bertz CT molecular complexity index is 1610. The van der Waals surface area contributed by atoms with Crippen LogP contribution < -0.4 is 10.1 Å². The van der Waals surface area contributed by atoms with Gasteiger partial charge in [0.1, 0.15) is 5.69 Å². The standard InChI is InChI=1S/C29H33FN8O3/c1-18-12-38(35-33-18)24-5-6-25(41-4)26(30)21(24)11-32-28(39)22-15-37(34-23(22)16-40-3)13-19-9-20-14-36(2)17-29(7-8-29)27(20)31-10-19/h5-6,9-10,12,15H,7-8,11,13-14,16-17H2,1-4H3,(H,32,39). The minimum Gasteiger partial charge on any atom is -0.494 e. The van der Waals surface area contributed by atoms with Crippen LogP contribution in [0.3, 0.4) is 0 Å². The smallest absolute Gasteiger partial charge is 0.255 e. The molecule has 1 amide bonds. The van der Waals surface area contributed by atoms with Crippen molar-refractivity contribution in [3.8, 4) is 11.4 Å². The predicted octanol–water partition coefficient (Wildman–Crippen LogP) is 2.92. The highest BCUT2D eigenvalue weighted by Crippen LogP contribution is 2.51. The van der Waals surface area contributed by atoms with Crippen LogP contribution in [-0.4, -0.2) is 68.4 Å². The number of pyridine rings is 1. The second-order valence-electron chi connectivity index (χ2n) is 11.0. The first kappa shape index (κ1) is 27.0. The van der Waals surface area contributed by atoms with Gasteiger partial charge in [-0.3, -0.25) is 14.5 Å². The van der Waals surface area contributed by atoms with E-state index in [1.807, 2.05) is 6.20 Å². The number of aromatic nitrogens is 6. The largest absolute Gasteiger partial charge is 0.494 e. The van der Waals surface area contributed by atoms with Gasteiger partial charge in [0.2, 0.25) is 0 Å². The molecule has 0 atom stereocenters. The zero-order valence-corrected chi connectivity index (χ0v) is 23.6. The second-order valence-corrected chi connectivity index (χ2v) is 11.0. The number of amides is 1. The molecular weight excluding hydrogens is 527 g/mol. The summed E-state index contributed by atoms with van der Waals surface area (Å²) in [5, 5.41) is 15.5. The first-order valence-corrected chi connectivity index (χ1v) is 13.5. The maximum Gasteiger partial charge on any atom is 0.255 e. The van der Waals surface area contributed by atoms with Crippen LogP contribution in [0.25, 0.3) is 5.69 Å². The fraction of sp³-hybridized carbons (Fsp3) is 0.414. The topological polar surface area (TPSA) is 112 Å². The van der Waals surface area contributed by atoms with Crippen molar-refractivity contribution in [3.63, 3.8) is 0 Å². The molecule has 1 saturated carbocycles. The maximum absolute atomic E-state index is 15.3. The molecule has 1 aliphatic carbocycles. The zero-order chi connectivity index (χ0) is 28.7. The van der Waals surface area contributed by atoms with Gasteiger partial charge in [-0.1, -0.05) is 5.21 Å². The number of carbonyl (C=O) groups is 1. The summed E-state index contributed by atoms with van der Waals surface area (Å²) in [5.74, 6) is -0.905. The minimum atomic E-state index is -0.579. The average molecular weight is 561 g/mol. The van der Waals surface area contributed by atoms with E-state index in [-0.39, 0.29) is 29.9 Å². The number of nitrogens with zero attached hydrogens (tertiary/aromatic N) is 7. The van der Waals surface area contributed by atoms with Gasteiger partial charge >= 0.3 is 0 Å². The van der Waals surface area contributed by atoms with E-state index in [0.717, 1.165) is 18.7 Å². The van der Waals surface area contributed by atoms with Gasteiger partial charge in [0.25, 0.3) is 5.91 Å². The fourth-order valence-electron chi connectivity index (χ4n) is 5.75. The van der Waals surface area contributed by atoms with Crippen molar-refractivity contribution in [3.05, 3.63) is 81.9 Å². The van der Waals surface area contributed by atoms with Crippen molar-refractivity contribution in [2.24, 2.45) is 0 Å². The normalized spacial score (nSPS) is 15.6. The lowest BCUT2D eigenvalue weighted by atomic mass is 9.91. The number of fused-ring (bicyclic) bond motifs is 2. The Labute approximate surface area is 237 Å². The summed E-state index contributed by atoms with van der Waals surface area (Å²) in [7, 11) is 5.10. The third kappa shape index (κ3) is 5.20. The predicted molar refractivity (Wildman–Crippen MR) is 147 cm³/mol. The molecule has 6 rings (SSSR count). The lowest BCUT2D eigenvalue weighted by Crippen LogP contribution is -2.36. The van der Waals surface area contributed by atoms with Gasteiger partial charge in [-0.05, 0) is 56.1 Å². The quantitative estimate of drug-likeness (QED) is 0.333. The summed E-state index contributed by atoms with van der Waals surface area (Å²) in [6, 6.07) is 5.40. The molecule has 1 aliphatic heterocycles. The number of hydrogen-bond acceptors (Lipinski definition) is 8. The molecule has 1 spiro atoms. The molecule has 41 heavy (non-hydrogen) atoms. The number of hydrogen-bond donors (Lipinski definition) is 1. The molecule has 1 aromatic carbocycles. The monoisotopic (exact) mass is 560 g/mol. The number of aryl methyl sites for hydroxylation is 1. The van der Waals surface area contributed by atoms with Crippen molar-refractivity contribution in [1.82, 2.24) is 40.0 Å². The Balaban J connectivity index is 1.23. The molecule has 214 valence electrons. The van der Waals surface area contributed by atoms with Crippen LogP contribution in [0.15, 0.2) is 36.8 Å². The van der Waals surface area contributed by atoms with Gasteiger partial charge in [-0.2, -0.15) is 5.10 Å². The molecule has 12 heteroatoms. The van der Waals surface area contributed by atoms with E-state index < -0.39 is 11.7 Å². The van der Waals surface area contributed by atoms with Crippen molar-refractivity contribution in [2.45, 2.75) is 51.4 Å². The zero-order valence-electron chi connectivity index (χ0n) is 23.6. The Morgan fingerprint density at radius 3 is 2.76 bits per heavy atom. The molecule has 3 aromatic heterocycles. The van der Waals surface area contributed by atoms with Gasteiger partial charge in [-0.15, -0.1) is 5.10 Å². The molecule has 11 nitrogen and oxygen atoms in total. The minimum absolute atomic E-state index is 0.0696. The molecule has 1 fully saturated rings. The van der Waals surface area contributed by atoms with Crippen LogP contribution in [0, 0.1) is 12.7 Å². The van der Waals surface area contributed by atoms with E-state index in [1.54, 1.807) is 37.2 Å². The van der Waals surface area contributed by atoms with Crippen molar-refractivity contribution in [1.29, 1.82) is 0 Å². The summed E-state index contributed by atoms with van der Waals surface area (Å²) in [6.07, 6.45) is 7.68. The van der Waals surface area contributed by atoms with Gasteiger partial charge in [-0.25, -0.2) is 9.07 Å². The summed E-state index contributed by atoms with van der Waals surface area (Å²) in [6.45, 7) is 4.24. The van der Waals surface area contributed by atoms with Crippen LogP contribution >= 0.6 is 0 Å². The highest BCUT2D eigenvalue weighted by Gasteiger charge is 2.49. The SMILES string of the molecule is COCc1nn(Cc2cnc3c(c2)CN(C)CC32CC2)cc1C(=O)NCc1c(-n2cc(C)nn2)ccc(OC)c1F. The lowest BCUT2D eigenvalue weighted by Gasteiger charge is -2.31. The van der Waals surface area contributed by atoms with E-state index in [2.05, 4.69) is 38.7 Å². The van der Waals surface area contributed by atoms with E-state index in [9.17, 15) is 4.79 Å². The molecule has 0 radical (unpaired) electrons. The van der Waals surface area contributed by atoms with Crippen molar-refractivity contribution < 1.29 is 18.7 Å². The van der Waals surface area contributed by atoms with Crippen LogP contribution in [0.5, 0.6) is 5.75 Å². The fourth-order valence-corrected chi connectivity index (χ4v) is 5.75. The summed E-state index contributed by atoms with van der Waals surface area (Å²) < 4.78 is 29.0. The molecule has 1 N–H and O–H groups in total. The Kier molecular flexibility index (Phi) is 7.04. The summed E-state index contributed by atoms with van der Waals surface area (Å²) >= 11 is 0. The number of ether oxygens (including phenoxy) is 2. The number of likely N-dealkylation sites (N-methyl/N-ethyl adjacent to an activating group) is 1. The van der Waals surface area contributed by atoms with Crippen LogP contribution in [-0.2, 0) is 36.4 Å². The first-order valence-electron chi connectivity index (χ1n) is 13.5. The van der Waals surface area contributed by atoms with Gasteiger partial charge in [0.05, 0.1) is 49.1 Å². The van der Waals surface area contributed by atoms with Crippen molar-refractivity contribution in [2.75, 3.05) is 27.8 Å². The van der Waals surface area contributed by atoms with E-state index in [4.69, 9.17) is 14.5 Å². The highest BCUT2D eigenvalue weighted by molar-refractivity contribution is 5.95. The van der Waals surface area contributed by atoms with Crippen LogP contribution in [0.4, 0.5) is 4.39 Å². The molecule has 0 bridgehead atoms. The highest BCUT2D eigenvalue weighted by atomic mass is 19.1. The third-order valence-corrected chi connectivity index (χ3v) is 7.78. The van der Waals surface area contributed by atoms with Crippen LogP contribution in [0.2, 0.25) is 0 Å². The average Bonchev–Trinajstić information content (AvgIpc) is 3.37. The van der Waals surface area contributed by atoms with E-state index >= 15 is 4.39 Å². The van der Waals surface area contributed by atoms with E-state index in [1.165, 1.54) is 42.0 Å². The first-order chi connectivity index (χ1) is 19.8. The Hall–Kier alpha value is -4.16. The second kappa shape index (κ2) is 10.7. The molecule has 0 saturated heterocycles. The van der Waals surface area contributed by atoms with Gasteiger partial charge < -0.3 is 19.7 Å². The van der Waals surface area contributed by atoms with Crippen molar-refractivity contribution >= 4 is 5.91 Å². The number of rotatable bonds is 9. The molecule has 4 aromatic rings. The Morgan fingerprint density at radius 1 is 1.22 bits per heavy atom. The van der Waals surface area contributed by atoms with Crippen LogP contribution in [0.1, 0.15) is 57.0 Å². The number of nitrogens with one attached hydrogen (secondary N) is 1. The number of halogens is 1. The molecular formula is C29H33FN8O3. The van der Waals surface area contributed by atoms with Gasteiger partial charge in [0, 0.05) is 50.1 Å². The number of benzene rings is 1. The number of carbonyl (C=O) groups excluding carboxylic acids is 1. The van der Waals surface area contributed by atoms with E-state index in [0.29, 0.717) is 29.2 Å². The lowest BCUT2D eigenvalue weighted by molar-refractivity contribution is 0.0945. The summed E-state index contributed by atoms with van der Waals surface area (Å²) in [5.41, 5.74) is 5.93. The molecule has 0 unspecified atom stereocenters. The van der Waals surface area contributed by atoms with Gasteiger partial charge in [0.15, 0.2) is 11.6 Å². The Morgan fingerprint density at radius 2 is 2.05 bits per heavy atom. The number of methoxy groups -OCH3 is 2. The molecule has 4 heterocycles. The summed E-state index contributed by atoms with van der Waals surface area (Å²) in [4.78, 5) is 20.6. The maximum atomic E-state index is 15.3. The third-order valence-electron chi connectivity index (χ3n) is 7.78. The molecule has 2 aliphatic rings.